The van der Waals surface area contributed by atoms with E-state index in [4.69, 9.17) is 0 Å². The maximum atomic E-state index is 11.0. The summed E-state index contributed by atoms with van der Waals surface area (Å²) >= 11 is 0. The largest absolute Gasteiger partial charge is 0.356 e. The zero-order valence-corrected chi connectivity index (χ0v) is 12.7. The number of aryl methyl sites for hydroxylation is 2. The van der Waals surface area contributed by atoms with Crippen LogP contribution in [0.4, 0.5) is 0 Å². The van der Waals surface area contributed by atoms with Crippen LogP contribution in [-0.4, -0.2) is 44.7 Å². The van der Waals surface area contributed by atoms with E-state index in [0.717, 1.165) is 37.7 Å². The average Bonchev–Trinajstić information content (AvgIpc) is 2.69. The second kappa shape index (κ2) is 6.83. The number of aromatic nitrogens is 3. The maximum absolute atomic E-state index is 11.0. The zero-order chi connectivity index (χ0) is 14.5. The molecule has 0 saturated carbocycles. The van der Waals surface area contributed by atoms with Gasteiger partial charge in [-0.25, -0.2) is 4.98 Å². The molecular formula is C14H25N5O. The fraction of sp³-hybridized carbons (Fsp3) is 0.786. The third-order valence-electron chi connectivity index (χ3n) is 3.90. The van der Waals surface area contributed by atoms with E-state index in [2.05, 4.69) is 20.3 Å². The first-order chi connectivity index (χ1) is 9.56. The molecule has 1 fully saturated rings. The molecule has 1 atom stereocenters. The van der Waals surface area contributed by atoms with Crippen LogP contribution in [0.5, 0.6) is 0 Å². The Morgan fingerprint density at radius 1 is 1.45 bits per heavy atom. The molecule has 1 aromatic rings. The number of hydrogen-bond acceptors (Lipinski definition) is 4. The van der Waals surface area contributed by atoms with Gasteiger partial charge in [0.1, 0.15) is 11.6 Å². The van der Waals surface area contributed by atoms with Crippen LogP contribution in [-0.2, 0) is 18.4 Å². The van der Waals surface area contributed by atoms with Crippen LogP contribution in [0.25, 0.3) is 0 Å². The van der Waals surface area contributed by atoms with Gasteiger partial charge < -0.3 is 5.32 Å². The molecule has 1 saturated heterocycles. The summed E-state index contributed by atoms with van der Waals surface area (Å²) in [5, 5.41) is 7.20. The first-order valence-electron chi connectivity index (χ1n) is 7.41. The number of carbonyl (C=O) groups excluding carboxylic acids is 1. The molecule has 1 unspecified atom stereocenters. The van der Waals surface area contributed by atoms with E-state index in [9.17, 15) is 4.79 Å². The van der Waals surface area contributed by atoms with E-state index in [1.165, 1.54) is 19.3 Å². The van der Waals surface area contributed by atoms with Crippen molar-refractivity contribution in [3.8, 4) is 0 Å². The Morgan fingerprint density at radius 2 is 2.25 bits per heavy atom. The second-order valence-corrected chi connectivity index (χ2v) is 5.59. The Kier molecular flexibility index (Phi) is 5.11. The normalized spacial score (nSPS) is 20.1. The lowest BCUT2D eigenvalue weighted by Crippen LogP contribution is -2.41. The van der Waals surface area contributed by atoms with Gasteiger partial charge in [0.15, 0.2) is 0 Å². The standard InChI is InChI=1S/C14H25N5O/c1-11-16-14(18(3)17-11)10-19-9-5-4-6-13(19)7-8-15-12(2)20/h13H,4-10H2,1-3H3,(H,15,20). The van der Waals surface area contributed by atoms with Crippen LogP contribution in [0.15, 0.2) is 0 Å². The molecule has 0 bridgehead atoms. The fourth-order valence-corrected chi connectivity index (χ4v) is 2.89. The van der Waals surface area contributed by atoms with Crippen molar-refractivity contribution in [3.05, 3.63) is 11.6 Å². The van der Waals surface area contributed by atoms with Crippen molar-refractivity contribution in [2.24, 2.45) is 7.05 Å². The van der Waals surface area contributed by atoms with Crippen molar-refractivity contribution in [3.63, 3.8) is 0 Å². The van der Waals surface area contributed by atoms with Gasteiger partial charge >= 0.3 is 0 Å². The van der Waals surface area contributed by atoms with E-state index in [1.54, 1.807) is 6.92 Å². The highest BCUT2D eigenvalue weighted by Gasteiger charge is 2.23. The summed E-state index contributed by atoms with van der Waals surface area (Å²) < 4.78 is 1.87. The first kappa shape index (κ1) is 15.0. The van der Waals surface area contributed by atoms with Crippen LogP contribution < -0.4 is 5.32 Å². The predicted octanol–water partition coefficient (Wildman–Crippen LogP) is 1.00. The van der Waals surface area contributed by atoms with Gasteiger partial charge in [-0.05, 0) is 32.7 Å². The van der Waals surface area contributed by atoms with E-state index < -0.39 is 0 Å². The lowest BCUT2D eigenvalue weighted by Gasteiger charge is -2.35. The predicted molar refractivity (Wildman–Crippen MR) is 77.1 cm³/mol. The van der Waals surface area contributed by atoms with Gasteiger partial charge in [-0.1, -0.05) is 6.42 Å². The van der Waals surface area contributed by atoms with Gasteiger partial charge in [0, 0.05) is 26.6 Å². The molecule has 2 rings (SSSR count). The van der Waals surface area contributed by atoms with Crippen molar-refractivity contribution in [2.75, 3.05) is 13.1 Å². The highest BCUT2D eigenvalue weighted by atomic mass is 16.1. The molecule has 0 aromatic carbocycles. The van der Waals surface area contributed by atoms with E-state index in [0.29, 0.717) is 6.04 Å². The quantitative estimate of drug-likeness (QED) is 0.873. The average molecular weight is 279 g/mol. The van der Waals surface area contributed by atoms with Gasteiger partial charge in [-0.15, -0.1) is 0 Å². The Balaban J connectivity index is 1.92. The van der Waals surface area contributed by atoms with E-state index >= 15 is 0 Å². The summed E-state index contributed by atoms with van der Waals surface area (Å²) in [5.74, 6) is 1.90. The molecule has 1 aliphatic heterocycles. The number of piperidine rings is 1. The van der Waals surface area contributed by atoms with E-state index in [-0.39, 0.29) is 5.91 Å². The molecule has 112 valence electrons. The number of nitrogens with zero attached hydrogens (tertiary/aromatic N) is 4. The number of likely N-dealkylation sites (tertiary alicyclic amines) is 1. The molecule has 20 heavy (non-hydrogen) atoms. The minimum atomic E-state index is 0.0521. The van der Waals surface area contributed by atoms with Crippen LogP contribution >= 0.6 is 0 Å². The highest BCUT2D eigenvalue weighted by Crippen LogP contribution is 2.21. The van der Waals surface area contributed by atoms with Crippen LogP contribution in [0, 0.1) is 6.92 Å². The van der Waals surface area contributed by atoms with Crippen LogP contribution in [0.1, 0.15) is 44.3 Å². The summed E-state index contributed by atoms with van der Waals surface area (Å²) in [4.78, 5) is 17.9. The molecule has 1 N–H and O–H groups in total. The van der Waals surface area contributed by atoms with Crippen molar-refractivity contribution in [2.45, 2.75) is 52.1 Å². The molecule has 1 aliphatic rings. The molecule has 2 heterocycles. The molecule has 6 nitrogen and oxygen atoms in total. The van der Waals surface area contributed by atoms with Gasteiger partial charge in [0.2, 0.25) is 5.91 Å². The Labute approximate surface area is 120 Å². The molecule has 0 spiro atoms. The maximum Gasteiger partial charge on any atom is 0.216 e. The van der Waals surface area contributed by atoms with Gasteiger partial charge in [0.05, 0.1) is 6.54 Å². The first-order valence-corrected chi connectivity index (χ1v) is 7.41. The molecule has 0 radical (unpaired) electrons. The number of amides is 1. The minimum Gasteiger partial charge on any atom is -0.356 e. The fourth-order valence-electron chi connectivity index (χ4n) is 2.89. The lowest BCUT2D eigenvalue weighted by atomic mass is 9.99. The Hall–Kier alpha value is -1.43. The number of nitrogens with one attached hydrogen (secondary N) is 1. The number of carbonyl (C=O) groups is 1. The van der Waals surface area contributed by atoms with Gasteiger partial charge in [0.25, 0.3) is 0 Å². The monoisotopic (exact) mass is 279 g/mol. The lowest BCUT2D eigenvalue weighted by molar-refractivity contribution is -0.119. The molecule has 1 amide bonds. The van der Waals surface area contributed by atoms with Gasteiger partial charge in [-0.2, -0.15) is 5.10 Å². The van der Waals surface area contributed by atoms with Crippen LogP contribution in [0.2, 0.25) is 0 Å². The number of rotatable bonds is 5. The van der Waals surface area contributed by atoms with Crippen molar-refractivity contribution >= 4 is 5.91 Å². The molecule has 0 aliphatic carbocycles. The Morgan fingerprint density at radius 3 is 2.90 bits per heavy atom. The zero-order valence-electron chi connectivity index (χ0n) is 12.7. The molecule has 1 aromatic heterocycles. The van der Waals surface area contributed by atoms with E-state index in [1.807, 2.05) is 18.7 Å². The summed E-state index contributed by atoms with van der Waals surface area (Å²) in [6.07, 6.45) is 4.74. The van der Waals surface area contributed by atoms with Crippen molar-refractivity contribution in [1.29, 1.82) is 0 Å². The van der Waals surface area contributed by atoms with Crippen molar-refractivity contribution in [1.82, 2.24) is 25.0 Å². The molecule has 6 heteroatoms. The third kappa shape index (κ3) is 4.03. The Bertz CT molecular complexity index is 456. The van der Waals surface area contributed by atoms with Gasteiger partial charge in [-0.3, -0.25) is 14.4 Å². The smallest absolute Gasteiger partial charge is 0.216 e. The summed E-state index contributed by atoms with van der Waals surface area (Å²) in [6.45, 7) is 6.21. The topological polar surface area (TPSA) is 63.1 Å². The summed E-state index contributed by atoms with van der Waals surface area (Å²) in [5.41, 5.74) is 0. The third-order valence-corrected chi connectivity index (χ3v) is 3.90. The van der Waals surface area contributed by atoms with Crippen molar-refractivity contribution < 1.29 is 4.79 Å². The summed E-state index contributed by atoms with van der Waals surface area (Å²) in [6, 6.07) is 0.535. The summed E-state index contributed by atoms with van der Waals surface area (Å²) in [7, 11) is 1.95. The highest BCUT2D eigenvalue weighted by molar-refractivity contribution is 5.72. The van der Waals surface area contributed by atoms with Crippen LogP contribution in [0.3, 0.4) is 0 Å². The SMILES string of the molecule is CC(=O)NCCC1CCCCN1Cc1nc(C)nn1C. The second-order valence-electron chi connectivity index (χ2n) is 5.59. The molecular weight excluding hydrogens is 254 g/mol. The minimum absolute atomic E-state index is 0.0521. The number of hydrogen-bond donors (Lipinski definition) is 1.